The summed E-state index contributed by atoms with van der Waals surface area (Å²) in [6.07, 6.45) is 0. The van der Waals surface area contributed by atoms with Crippen LogP contribution >= 0.6 is 11.8 Å². The van der Waals surface area contributed by atoms with E-state index in [4.69, 9.17) is 9.94 Å². The minimum Gasteiger partial charge on any atom is -0.455 e. The first-order valence-corrected chi connectivity index (χ1v) is 6.37. The molecule has 0 spiro atoms. The number of ether oxygens (including phenoxy) is 1. The monoisotopic (exact) mass is 257 g/mol. The van der Waals surface area contributed by atoms with E-state index < -0.39 is 0 Å². The number of oxime groups is 1. The molecule has 0 aliphatic carbocycles. The molecule has 1 heterocycles. The van der Waals surface area contributed by atoms with Gasteiger partial charge in [0, 0.05) is 5.56 Å². The van der Waals surface area contributed by atoms with Crippen molar-refractivity contribution in [2.75, 3.05) is 0 Å². The largest absolute Gasteiger partial charge is 0.455 e. The minimum absolute atomic E-state index is 0.595. The van der Waals surface area contributed by atoms with Gasteiger partial charge in [-0.25, -0.2) is 0 Å². The van der Waals surface area contributed by atoms with Crippen LogP contribution < -0.4 is 4.74 Å². The first kappa shape index (κ1) is 11.2. The Morgan fingerprint density at radius 2 is 1.89 bits per heavy atom. The lowest BCUT2D eigenvalue weighted by Crippen LogP contribution is -1.99. The van der Waals surface area contributed by atoms with Crippen molar-refractivity contribution in [2.45, 2.75) is 16.7 Å². The van der Waals surface area contributed by atoms with Crippen molar-refractivity contribution in [1.82, 2.24) is 0 Å². The first-order chi connectivity index (χ1) is 8.78. The summed E-state index contributed by atoms with van der Waals surface area (Å²) < 4.78 is 5.82. The fraction of sp³-hybridized carbons (Fsp3) is 0.0714. The van der Waals surface area contributed by atoms with Crippen LogP contribution in [-0.2, 0) is 0 Å². The van der Waals surface area contributed by atoms with Gasteiger partial charge in [0.1, 0.15) is 11.5 Å². The molecule has 0 amide bonds. The Morgan fingerprint density at radius 1 is 1.11 bits per heavy atom. The van der Waals surface area contributed by atoms with Crippen molar-refractivity contribution in [1.29, 1.82) is 0 Å². The van der Waals surface area contributed by atoms with Crippen molar-refractivity contribution in [2.24, 2.45) is 5.16 Å². The molecule has 0 saturated heterocycles. The summed E-state index contributed by atoms with van der Waals surface area (Å²) in [7, 11) is 0. The van der Waals surface area contributed by atoms with Gasteiger partial charge in [-0.3, -0.25) is 0 Å². The van der Waals surface area contributed by atoms with E-state index in [1.54, 1.807) is 18.7 Å². The fourth-order valence-corrected chi connectivity index (χ4v) is 2.80. The molecule has 0 bridgehead atoms. The lowest BCUT2D eigenvalue weighted by atomic mass is 10.1. The molecule has 4 heteroatoms. The lowest BCUT2D eigenvalue weighted by Gasteiger charge is -2.19. The molecule has 90 valence electrons. The highest BCUT2D eigenvalue weighted by molar-refractivity contribution is 7.99. The van der Waals surface area contributed by atoms with Crippen LogP contribution in [0.25, 0.3) is 0 Å². The second-order valence-electron chi connectivity index (χ2n) is 4.00. The molecular formula is C14H11NO2S. The zero-order valence-electron chi connectivity index (χ0n) is 9.75. The predicted octanol–water partition coefficient (Wildman–Crippen LogP) is 4.14. The lowest BCUT2D eigenvalue weighted by molar-refractivity contribution is 0.319. The number of para-hydroxylation sites is 1. The molecule has 1 aliphatic rings. The molecule has 3 rings (SSSR count). The predicted molar refractivity (Wildman–Crippen MR) is 71.1 cm³/mol. The molecule has 2 aromatic rings. The quantitative estimate of drug-likeness (QED) is 0.404. The van der Waals surface area contributed by atoms with Crippen LogP contribution in [0.15, 0.2) is 57.4 Å². The maximum atomic E-state index is 8.80. The van der Waals surface area contributed by atoms with Gasteiger partial charge in [0.25, 0.3) is 0 Å². The number of hydrogen-bond donors (Lipinski definition) is 1. The molecular weight excluding hydrogens is 246 g/mol. The molecule has 0 saturated carbocycles. The third-order valence-corrected chi connectivity index (χ3v) is 3.90. The number of nitrogens with zero attached hydrogens (tertiary/aromatic N) is 1. The summed E-state index contributed by atoms with van der Waals surface area (Å²) in [6.45, 7) is 1.77. The van der Waals surface area contributed by atoms with Crippen LogP contribution in [0, 0.1) is 0 Å². The molecule has 3 nitrogen and oxygen atoms in total. The van der Waals surface area contributed by atoms with Crippen LogP contribution in [-0.4, -0.2) is 10.9 Å². The van der Waals surface area contributed by atoms with Gasteiger partial charge >= 0.3 is 0 Å². The van der Waals surface area contributed by atoms with Gasteiger partial charge in [-0.1, -0.05) is 29.1 Å². The Balaban J connectivity index is 2.03. The standard InChI is InChI=1S/C14H11NO2S/c1-9(15-16)10-6-7-12-14(8-10)18-13-5-3-2-4-11(13)17-12/h2-8,16H,1H3/b15-9-. The van der Waals surface area contributed by atoms with Crippen LogP contribution in [0.1, 0.15) is 12.5 Å². The van der Waals surface area contributed by atoms with E-state index in [1.807, 2.05) is 42.5 Å². The Bertz CT molecular complexity index is 637. The Hall–Kier alpha value is -1.94. The van der Waals surface area contributed by atoms with E-state index in [2.05, 4.69) is 5.16 Å². The second-order valence-corrected chi connectivity index (χ2v) is 5.08. The highest BCUT2D eigenvalue weighted by Gasteiger charge is 2.17. The SMILES string of the molecule is C/C(=N/O)c1ccc2c(c1)Sc1ccccc1O2. The summed E-state index contributed by atoms with van der Waals surface area (Å²) in [6, 6.07) is 13.7. The Kier molecular flexibility index (Phi) is 2.72. The van der Waals surface area contributed by atoms with E-state index in [9.17, 15) is 0 Å². The second kappa shape index (κ2) is 4.38. The van der Waals surface area contributed by atoms with E-state index >= 15 is 0 Å². The van der Waals surface area contributed by atoms with Crippen molar-refractivity contribution in [3.63, 3.8) is 0 Å². The molecule has 0 atom stereocenters. The highest BCUT2D eigenvalue weighted by atomic mass is 32.2. The van der Waals surface area contributed by atoms with Gasteiger partial charge in [0.15, 0.2) is 0 Å². The average molecular weight is 257 g/mol. The first-order valence-electron chi connectivity index (χ1n) is 5.56. The van der Waals surface area contributed by atoms with Gasteiger partial charge in [0.2, 0.25) is 0 Å². The topological polar surface area (TPSA) is 41.8 Å². The number of fused-ring (bicyclic) bond motifs is 2. The molecule has 1 aliphatic heterocycles. The third kappa shape index (κ3) is 1.84. The van der Waals surface area contributed by atoms with Gasteiger partial charge in [-0.15, -0.1) is 0 Å². The zero-order chi connectivity index (χ0) is 12.5. The molecule has 0 aromatic heterocycles. The average Bonchev–Trinajstić information content (AvgIpc) is 2.43. The van der Waals surface area contributed by atoms with Gasteiger partial charge < -0.3 is 9.94 Å². The Morgan fingerprint density at radius 3 is 2.72 bits per heavy atom. The summed E-state index contributed by atoms with van der Waals surface area (Å²) in [4.78, 5) is 2.13. The van der Waals surface area contributed by atoms with Crippen molar-refractivity contribution < 1.29 is 9.94 Å². The van der Waals surface area contributed by atoms with Gasteiger partial charge in [-0.05, 0) is 37.3 Å². The van der Waals surface area contributed by atoms with E-state index in [1.165, 1.54) is 0 Å². The minimum atomic E-state index is 0.595. The van der Waals surface area contributed by atoms with Crippen molar-refractivity contribution in [3.8, 4) is 11.5 Å². The summed E-state index contributed by atoms with van der Waals surface area (Å²) in [5.41, 5.74) is 1.49. The maximum absolute atomic E-state index is 8.80. The summed E-state index contributed by atoms with van der Waals surface area (Å²) in [5, 5.41) is 12.0. The molecule has 18 heavy (non-hydrogen) atoms. The van der Waals surface area contributed by atoms with Gasteiger partial charge in [0.05, 0.1) is 15.5 Å². The maximum Gasteiger partial charge on any atom is 0.141 e. The molecule has 1 N–H and O–H groups in total. The van der Waals surface area contributed by atoms with E-state index in [0.717, 1.165) is 26.9 Å². The summed E-state index contributed by atoms with van der Waals surface area (Å²) in [5.74, 6) is 1.73. The molecule has 0 unspecified atom stereocenters. The zero-order valence-corrected chi connectivity index (χ0v) is 10.6. The molecule has 0 radical (unpaired) electrons. The smallest absolute Gasteiger partial charge is 0.141 e. The highest BCUT2D eigenvalue weighted by Crippen LogP contribution is 2.46. The van der Waals surface area contributed by atoms with Crippen molar-refractivity contribution in [3.05, 3.63) is 48.0 Å². The van der Waals surface area contributed by atoms with E-state index in [-0.39, 0.29) is 0 Å². The van der Waals surface area contributed by atoms with Crippen LogP contribution in [0.5, 0.6) is 11.5 Å². The number of hydrogen-bond acceptors (Lipinski definition) is 4. The van der Waals surface area contributed by atoms with Crippen LogP contribution in [0.4, 0.5) is 0 Å². The van der Waals surface area contributed by atoms with Gasteiger partial charge in [-0.2, -0.15) is 0 Å². The molecule has 2 aromatic carbocycles. The molecule has 0 fully saturated rings. The third-order valence-electron chi connectivity index (χ3n) is 2.80. The number of rotatable bonds is 1. The van der Waals surface area contributed by atoms with Crippen LogP contribution in [0.2, 0.25) is 0 Å². The van der Waals surface area contributed by atoms with E-state index in [0.29, 0.717) is 5.71 Å². The number of benzene rings is 2. The fourth-order valence-electron chi connectivity index (χ4n) is 1.81. The van der Waals surface area contributed by atoms with Crippen molar-refractivity contribution >= 4 is 17.5 Å². The Labute approximate surface area is 109 Å². The van der Waals surface area contributed by atoms with Crippen LogP contribution in [0.3, 0.4) is 0 Å². The normalized spacial score (nSPS) is 13.5. The summed E-state index contributed by atoms with van der Waals surface area (Å²) >= 11 is 1.66.